The first kappa shape index (κ1) is 9.36. The van der Waals surface area contributed by atoms with E-state index in [1.807, 2.05) is 20.2 Å². The summed E-state index contributed by atoms with van der Waals surface area (Å²) in [5.41, 5.74) is 0.957. The Morgan fingerprint density at radius 1 is 1.50 bits per heavy atom. The molecule has 0 fully saturated rings. The third kappa shape index (κ3) is 2.00. The van der Waals surface area contributed by atoms with Crippen molar-refractivity contribution in [3.05, 3.63) is 18.5 Å². The van der Waals surface area contributed by atoms with Crippen LogP contribution in [0.15, 0.2) is 18.5 Å². The van der Waals surface area contributed by atoms with Crippen molar-refractivity contribution in [1.82, 2.24) is 14.9 Å². The molecule has 0 spiro atoms. The number of nitrogens with zero attached hydrogens (tertiary/aromatic N) is 3. The third-order valence-electron chi connectivity index (χ3n) is 1.74. The van der Waals surface area contributed by atoms with Crippen molar-refractivity contribution in [2.75, 3.05) is 26.1 Å². The lowest BCUT2D eigenvalue weighted by molar-refractivity contribution is 0.440. The topological polar surface area (TPSA) is 41.0 Å². The van der Waals surface area contributed by atoms with Gasteiger partial charge in [-0.15, -0.1) is 0 Å². The predicted molar refractivity (Wildman–Crippen MR) is 59.6 cm³/mol. The van der Waals surface area contributed by atoms with Gasteiger partial charge in [0, 0.05) is 6.20 Å². The van der Waals surface area contributed by atoms with Crippen molar-refractivity contribution in [2.45, 2.75) is 0 Å². The van der Waals surface area contributed by atoms with Gasteiger partial charge in [0.2, 0.25) is 0 Å². The molecule has 0 saturated heterocycles. The molecule has 1 N–H and O–H groups in total. The van der Waals surface area contributed by atoms with Gasteiger partial charge >= 0.3 is 0 Å². The molecule has 5 heteroatoms. The van der Waals surface area contributed by atoms with Crippen LogP contribution < -0.4 is 5.32 Å². The first-order valence-corrected chi connectivity index (χ1v) is 5.16. The van der Waals surface area contributed by atoms with Gasteiger partial charge in [0.25, 0.3) is 0 Å². The standard InChI is InChI=1S/C9H12N4S/c1-13(2)6-11-9-12-7-5-10-4-3-8(7)14-9/h3-5H,6H2,1-2H3,(H,11,12). The number of thiazole rings is 1. The molecule has 4 nitrogen and oxygen atoms in total. The third-order valence-corrected chi connectivity index (χ3v) is 2.73. The molecular formula is C9H12N4S. The van der Waals surface area contributed by atoms with Crippen molar-refractivity contribution in [1.29, 1.82) is 0 Å². The van der Waals surface area contributed by atoms with Crippen LogP contribution in [0.1, 0.15) is 0 Å². The molecule has 0 atom stereocenters. The van der Waals surface area contributed by atoms with E-state index in [4.69, 9.17) is 0 Å². The fraction of sp³-hybridized carbons (Fsp3) is 0.333. The predicted octanol–water partition coefficient (Wildman–Crippen LogP) is 1.62. The van der Waals surface area contributed by atoms with E-state index in [9.17, 15) is 0 Å². The Balaban J connectivity index is 2.19. The van der Waals surface area contributed by atoms with Crippen molar-refractivity contribution >= 4 is 26.7 Å². The lowest BCUT2D eigenvalue weighted by Crippen LogP contribution is -2.20. The molecular weight excluding hydrogens is 196 g/mol. The molecule has 0 aliphatic rings. The summed E-state index contributed by atoms with van der Waals surface area (Å²) >= 11 is 1.65. The zero-order valence-electron chi connectivity index (χ0n) is 8.19. The quantitative estimate of drug-likeness (QED) is 0.778. The number of hydrogen-bond acceptors (Lipinski definition) is 5. The van der Waals surface area contributed by atoms with E-state index < -0.39 is 0 Å². The van der Waals surface area contributed by atoms with Gasteiger partial charge in [-0.2, -0.15) is 0 Å². The van der Waals surface area contributed by atoms with Gasteiger partial charge in [0.1, 0.15) is 5.52 Å². The number of hydrogen-bond donors (Lipinski definition) is 1. The van der Waals surface area contributed by atoms with E-state index in [-0.39, 0.29) is 0 Å². The highest BCUT2D eigenvalue weighted by atomic mass is 32.1. The summed E-state index contributed by atoms with van der Waals surface area (Å²) in [5, 5.41) is 4.19. The van der Waals surface area contributed by atoms with Crippen molar-refractivity contribution in [3.8, 4) is 0 Å². The molecule has 2 aromatic rings. The molecule has 2 heterocycles. The zero-order chi connectivity index (χ0) is 9.97. The van der Waals surface area contributed by atoms with E-state index in [1.54, 1.807) is 23.7 Å². The number of nitrogens with one attached hydrogen (secondary N) is 1. The second kappa shape index (κ2) is 3.89. The van der Waals surface area contributed by atoms with Gasteiger partial charge in [-0.3, -0.25) is 9.88 Å². The Kier molecular flexibility index (Phi) is 2.60. The first-order chi connectivity index (χ1) is 6.75. The Morgan fingerprint density at radius 3 is 3.07 bits per heavy atom. The maximum Gasteiger partial charge on any atom is 0.184 e. The summed E-state index contributed by atoms with van der Waals surface area (Å²) in [7, 11) is 4.03. The summed E-state index contributed by atoms with van der Waals surface area (Å²) in [6.45, 7) is 0.799. The fourth-order valence-electron chi connectivity index (χ4n) is 1.08. The number of rotatable bonds is 3. The molecule has 0 saturated carbocycles. The molecule has 0 radical (unpaired) electrons. The summed E-state index contributed by atoms with van der Waals surface area (Å²) in [4.78, 5) is 10.5. The van der Waals surface area contributed by atoms with Gasteiger partial charge in [-0.05, 0) is 20.2 Å². The summed E-state index contributed by atoms with van der Waals surface area (Å²) in [6.07, 6.45) is 3.57. The highest BCUT2D eigenvalue weighted by Gasteiger charge is 2.02. The van der Waals surface area contributed by atoms with Gasteiger partial charge in [-0.25, -0.2) is 4.98 Å². The number of pyridine rings is 1. The Bertz CT molecular complexity index is 390. The van der Waals surface area contributed by atoms with Crippen LogP contribution in [0.5, 0.6) is 0 Å². The minimum Gasteiger partial charge on any atom is -0.349 e. The molecule has 74 valence electrons. The van der Waals surface area contributed by atoms with Gasteiger partial charge in [0.15, 0.2) is 5.13 Å². The Morgan fingerprint density at radius 2 is 2.36 bits per heavy atom. The smallest absolute Gasteiger partial charge is 0.184 e. The molecule has 0 aliphatic carbocycles. The largest absolute Gasteiger partial charge is 0.349 e. The zero-order valence-corrected chi connectivity index (χ0v) is 9.01. The van der Waals surface area contributed by atoms with Crippen LogP contribution in [-0.4, -0.2) is 35.6 Å². The SMILES string of the molecule is CN(C)CNc1nc2cnccc2s1. The molecule has 0 unspecified atom stereocenters. The average Bonchev–Trinajstić information content (AvgIpc) is 2.57. The lowest BCUT2D eigenvalue weighted by atomic mass is 10.5. The van der Waals surface area contributed by atoms with Crippen LogP contribution in [0.4, 0.5) is 5.13 Å². The highest BCUT2D eigenvalue weighted by molar-refractivity contribution is 7.22. The molecule has 0 aliphatic heterocycles. The number of fused-ring (bicyclic) bond motifs is 1. The van der Waals surface area contributed by atoms with Crippen LogP contribution in [0, 0.1) is 0 Å². The number of anilines is 1. The second-order valence-corrected chi connectivity index (χ2v) is 4.31. The molecule has 0 bridgehead atoms. The average molecular weight is 208 g/mol. The van der Waals surface area contributed by atoms with Crippen LogP contribution in [0.25, 0.3) is 10.2 Å². The lowest BCUT2D eigenvalue weighted by Gasteiger charge is -2.08. The Labute approximate surface area is 86.6 Å². The van der Waals surface area contributed by atoms with Crippen molar-refractivity contribution < 1.29 is 0 Å². The molecule has 2 aromatic heterocycles. The van der Waals surface area contributed by atoms with Gasteiger partial charge in [0.05, 0.1) is 17.6 Å². The minimum absolute atomic E-state index is 0.799. The maximum atomic E-state index is 4.40. The first-order valence-electron chi connectivity index (χ1n) is 4.35. The van der Waals surface area contributed by atoms with Crippen LogP contribution in [0.3, 0.4) is 0 Å². The van der Waals surface area contributed by atoms with Crippen LogP contribution >= 0.6 is 11.3 Å². The summed E-state index contributed by atoms with van der Waals surface area (Å²) in [5.74, 6) is 0. The van der Waals surface area contributed by atoms with E-state index in [1.165, 1.54) is 4.70 Å². The summed E-state index contributed by atoms with van der Waals surface area (Å²) in [6, 6.07) is 1.98. The van der Waals surface area contributed by atoms with E-state index in [2.05, 4.69) is 20.2 Å². The van der Waals surface area contributed by atoms with Crippen molar-refractivity contribution in [3.63, 3.8) is 0 Å². The molecule has 0 aromatic carbocycles. The van der Waals surface area contributed by atoms with E-state index in [0.717, 1.165) is 17.3 Å². The number of aromatic nitrogens is 2. The van der Waals surface area contributed by atoms with E-state index >= 15 is 0 Å². The van der Waals surface area contributed by atoms with Crippen LogP contribution in [-0.2, 0) is 0 Å². The molecule has 14 heavy (non-hydrogen) atoms. The van der Waals surface area contributed by atoms with Crippen LogP contribution in [0.2, 0.25) is 0 Å². The van der Waals surface area contributed by atoms with Crippen molar-refractivity contribution in [2.24, 2.45) is 0 Å². The van der Waals surface area contributed by atoms with Gasteiger partial charge < -0.3 is 5.32 Å². The second-order valence-electron chi connectivity index (χ2n) is 3.28. The van der Waals surface area contributed by atoms with Gasteiger partial charge in [-0.1, -0.05) is 11.3 Å². The molecule has 2 rings (SSSR count). The maximum absolute atomic E-state index is 4.40. The fourth-order valence-corrected chi connectivity index (χ4v) is 1.90. The Hall–Kier alpha value is -1.20. The monoisotopic (exact) mass is 208 g/mol. The molecule has 0 amide bonds. The van der Waals surface area contributed by atoms with E-state index in [0.29, 0.717) is 0 Å². The highest BCUT2D eigenvalue weighted by Crippen LogP contribution is 2.24. The minimum atomic E-state index is 0.799. The normalized spacial score (nSPS) is 11.1. The summed E-state index contributed by atoms with van der Waals surface area (Å²) < 4.78 is 1.17.